The number of aromatic nitrogens is 3. The fraction of sp³-hybridized carbons (Fsp3) is 0.529. The summed E-state index contributed by atoms with van der Waals surface area (Å²) in [4.78, 5) is 11.5. The predicted molar refractivity (Wildman–Crippen MR) is 95.0 cm³/mol. The monoisotopic (exact) mass is 361 g/mol. The highest BCUT2D eigenvalue weighted by molar-refractivity contribution is 7.08. The van der Waals surface area contributed by atoms with Crippen molar-refractivity contribution in [1.29, 1.82) is 5.26 Å². The Labute approximate surface area is 151 Å². The molecular weight excluding hydrogens is 338 g/mol. The van der Waals surface area contributed by atoms with Gasteiger partial charge >= 0.3 is 0 Å². The van der Waals surface area contributed by atoms with E-state index in [0.717, 1.165) is 50.6 Å². The molecule has 0 bridgehead atoms. The van der Waals surface area contributed by atoms with Crippen LogP contribution >= 0.6 is 11.3 Å². The number of nitrogens with one attached hydrogen (secondary N) is 1. The Kier molecular flexibility index (Phi) is 7.57. The van der Waals surface area contributed by atoms with Crippen molar-refractivity contribution in [3.8, 4) is 6.07 Å². The number of hydrogen-bond acceptors (Lipinski definition) is 6. The van der Waals surface area contributed by atoms with Gasteiger partial charge in [0.1, 0.15) is 0 Å². The summed E-state index contributed by atoms with van der Waals surface area (Å²) in [6.45, 7) is 0.987. The van der Waals surface area contributed by atoms with Gasteiger partial charge in [-0.25, -0.2) is 4.68 Å². The van der Waals surface area contributed by atoms with E-state index in [1.807, 2.05) is 16.8 Å². The summed E-state index contributed by atoms with van der Waals surface area (Å²) in [5, 5.41) is 31.3. The summed E-state index contributed by atoms with van der Waals surface area (Å²) in [6.07, 6.45) is 9.08. The summed E-state index contributed by atoms with van der Waals surface area (Å²) < 4.78 is 1.63. The second kappa shape index (κ2) is 9.91. The molecule has 25 heavy (non-hydrogen) atoms. The highest BCUT2D eigenvalue weighted by atomic mass is 32.1. The van der Waals surface area contributed by atoms with E-state index in [2.05, 4.69) is 21.7 Å². The highest BCUT2D eigenvalue weighted by Gasteiger charge is 2.46. The van der Waals surface area contributed by atoms with Gasteiger partial charge in [-0.1, -0.05) is 18.1 Å². The first-order valence-electron chi connectivity index (χ1n) is 8.41. The number of rotatable bonds is 8. The van der Waals surface area contributed by atoms with Crippen molar-refractivity contribution >= 4 is 17.2 Å². The van der Waals surface area contributed by atoms with E-state index < -0.39 is 0 Å². The minimum Gasteiger partial charge on any atom is -0.396 e. The summed E-state index contributed by atoms with van der Waals surface area (Å²) >= 11 is 1.53. The maximum absolute atomic E-state index is 11.5. The van der Waals surface area contributed by atoms with Gasteiger partial charge in [0.05, 0.1) is 12.3 Å². The van der Waals surface area contributed by atoms with Gasteiger partial charge < -0.3 is 10.4 Å². The molecule has 0 radical (unpaired) electrons. The Bertz CT molecular complexity index is 660. The Morgan fingerprint density at radius 3 is 2.76 bits per heavy atom. The van der Waals surface area contributed by atoms with Crippen LogP contribution in [0.3, 0.4) is 0 Å². The topological polar surface area (TPSA) is 104 Å². The van der Waals surface area contributed by atoms with Gasteiger partial charge in [0.25, 0.3) is 5.91 Å². The first-order valence-corrected chi connectivity index (χ1v) is 9.35. The van der Waals surface area contributed by atoms with Crippen molar-refractivity contribution in [2.24, 2.45) is 0 Å². The first kappa shape index (κ1) is 19.1. The lowest BCUT2D eigenvalue weighted by molar-refractivity contribution is 0.0953. The number of amides is 1. The molecule has 1 amide bonds. The van der Waals surface area contributed by atoms with Gasteiger partial charge in [-0.15, -0.1) is 5.10 Å². The second-order valence-electron chi connectivity index (χ2n) is 5.90. The SMILES string of the molecule is N#CC1(n2ccnn2)CC1.O=C(NCCCCCCO)c1ccsc1. The van der Waals surface area contributed by atoms with Crippen LogP contribution in [0.1, 0.15) is 48.9 Å². The smallest absolute Gasteiger partial charge is 0.252 e. The Morgan fingerprint density at radius 1 is 1.40 bits per heavy atom. The molecule has 2 N–H and O–H groups in total. The van der Waals surface area contributed by atoms with E-state index in [1.165, 1.54) is 11.3 Å². The van der Waals surface area contributed by atoms with Gasteiger partial charge in [0.15, 0.2) is 5.54 Å². The second-order valence-corrected chi connectivity index (χ2v) is 6.68. The van der Waals surface area contributed by atoms with Crippen LogP contribution in [0.15, 0.2) is 29.2 Å². The molecule has 2 aromatic heterocycles. The fourth-order valence-electron chi connectivity index (χ4n) is 2.24. The molecule has 0 aliphatic heterocycles. The van der Waals surface area contributed by atoms with Crippen LogP contribution in [0.5, 0.6) is 0 Å². The molecule has 134 valence electrons. The quantitative estimate of drug-likeness (QED) is 0.702. The molecule has 1 aliphatic rings. The van der Waals surface area contributed by atoms with Crippen LogP contribution in [0, 0.1) is 11.3 Å². The van der Waals surface area contributed by atoms with Gasteiger partial charge in [0.2, 0.25) is 0 Å². The molecule has 0 saturated heterocycles. The van der Waals surface area contributed by atoms with Crippen molar-refractivity contribution in [2.75, 3.05) is 13.2 Å². The summed E-state index contributed by atoms with van der Waals surface area (Å²) in [6, 6.07) is 4.04. The van der Waals surface area contributed by atoms with Crippen molar-refractivity contribution in [2.45, 2.75) is 44.1 Å². The molecule has 2 heterocycles. The lowest BCUT2D eigenvalue weighted by Gasteiger charge is -2.03. The lowest BCUT2D eigenvalue weighted by atomic mass is 10.2. The standard InChI is InChI=1S/C11H17NO2S.C6H6N4/c13-7-4-2-1-3-6-12-11(14)10-5-8-15-9-10;7-5-6(1-2-6)10-4-3-8-9-10/h5,8-9,13H,1-4,6-7H2,(H,12,14);3-4H,1-2H2. The zero-order valence-corrected chi connectivity index (χ0v) is 14.9. The van der Waals surface area contributed by atoms with Crippen LogP contribution < -0.4 is 5.32 Å². The average Bonchev–Trinajstić information content (AvgIpc) is 3.07. The Morgan fingerprint density at radius 2 is 2.20 bits per heavy atom. The molecule has 0 spiro atoms. The highest BCUT2D eigenvalue weighted by Crippen LogP contribution is 2.41. The minimum absolute atomic E-state index is 0.0124. The number of aliphatic hydroxyl groups excluding tert-OH is 1. The van der Waals surface area contributed by atoms with Crippen LogP contribution in [0.4, 0.5) is 0 Å². The van der Waals surface area contributed by atoms with E-state index >= 15 is 0 Å². The van der Waals surface area contributed by atoms with Crippen LogP contribution in [0.25, 0.3) is 0 Å². The minimum atomic E-state index is -0.337. The molecule has 0 unspecified atom stereocenters. The molecule has 0 aromatic carbocycles. The van der Waals surface area contributed by atoms with Gasteiger partial charge in [-0.3, -0.25) is 4.79 Å². The molecule has 3 rings (SSSR count). The number of unbranched alkanes of at least 4 members (excludes halogenated alkanes) is 3. The Balaban J connectivity index is 0.000000194. The fourth-order valence-corrected chi connectivity index (χ4v) is 2.87. The van der Waals surface area contributed by atoms with Crippen LogP contribution in [-0.2, 0) is 5.54 Å². The first-order chi connectivity index (χ1) is 12.2. The maximum atomic E-state index is 11.5. The molecule has 2 aromatic rings. The number of carbonyl (C=O) groups excluding carboxylic acids is 1. The molecule has 8 heteroatoms. The predicted octanol–water partition coefficient (Wildman–Crippen LogP) is 2.32. The van der Waals surface area contributed by atoms with Gasteiger partial charge in [-0.05, 0) is 37.1 Å². The van der Waals surface area contributed by atoms with Crippen molar-refractivity contribution < 1.29 is 9.90 Å². The van der Waals surface area contributed by atoms with Gasteiger partial charge in [0, 0.05) is 30.3 Å². The van der Waals surface area contributed by atoms with E-state index in [-0.39, 0.29) is 18.1 Å². The average molecular weight is 361 g/mol. The molecule has 1 saturated carbocycles. The maximum Gasteiger partial charge on any atom is 0.252 e. The van der Waals surface area contributed by atoms with Crippen molar-refractivity contribution in [3.63, 3.8) is 0 Å². The Hall–Kier alpha value is -2.24. The number of aliphatic hydroxyl groups is 1. The van der Waals surface area contributed by atoms with E-state index in [0.29, 0.717) is 0 Å². The lowest BCUT2D eigenvalue weighted by Crippen LogP contribution is -2.23. The van der Waals surface area contributed by atoms with E-state index in [9.17, 15) is 4.79 Å². The van der Waals surface area contributed by atoms with Crippen molar-refractivity contribution in [1.82, 2.24) is 20.3 Å². The number of nitrogens with zero attached hydrogens (tertiary/aromatic N) is 4. The van der Waals surface area contributed by atoms with Crippen molar-refractivity contribution in [3.05, 3.63) is 34.8 Å². The molecular formula is C17H23N5O2S. The number of carbonyl (C=O) groups is 1. The summed E-state index contributed by atoms with van der Waals surface area (Å²) in [5.74, 6) is 0.0124. The number of hydrogen-bond donors (Lipinski definition) is 2. The van der Waals surface area contributed by atoms with E-state index in [1.54, 1.807) is 17.1 Å². The molecule has 1 aliphatic carbocycles. The molecule has 1 fully saturated rings. The number of thiophene rings is 1. The zero-order valence-electron chi connectivity index (χ0n) is 14.1. The molecule has 7 nitrogen and oxygen atoms in total. The third-order valence-corrected chi connectivity index (χ3v) is 4.63. The number of nitriles is 1. The zero-order chi connectivity index (χ0) is 18.0. The molecule has 0 atom stereocenters. The third kappa shape index (κ3) is 5.96. The van der Waals surface area contributed by atoms with Crippen LogP contribution in [0.2, 0.25) is 0 Å². The van der Waals surface area contributed by atoms with E-state index in [4.69, 9.17) is 10.4 Å². The largest absolute Gasteiger partial charge is 0.396 e. The summed E-state index contributed by atoms with van der Waals surface area (Å²) in [7, 11) is 0. The normalized spacial score (nSPS) is 14.1. The summed E-state index contributed by atoms with van der Waals surface area (Å²) in [5.41, 5.74) is 0.409. The third-order valence-electron chi connectivity index (χ3n) is 3.95. The van der Waals surface area contributed by atoms with Gasteiger partial charge in [-0.2, -0.15) is 16.6 Å². The van der Waals surface area contributed by atoms with Crippen LogP contribution in [-0.4, -0.2) is 39.2 Å².